The van der Waals surface area contributed by atoms with Gasteiger partial charge in [-0.15, -0.1) is 11.8 Å². The first-order valence-corrected chi connectivity index (χ1v) is 13.1. The number of aliphatic hydroxyl groups excluding tert-OH is 1. The Morgan fingerprint density at radius 3 is 2.29 bits per heavy atom. The maximum atomic E-state index is 11.9. The maximum absolute atomic E-state index is 11.9. The Labute approximate surface area is 207 Å². The average Bonchev–Trinajstić information content (AvgIpc) is 2.79. The summed E-state index contributed by atoms with van der Waals surface area (Å²) in [7, 11) is 0. The van der Waals surface area contributed by atoms with Crippen LogP contribution in [0.1, 0.15) is 71.1 Å². The van der Waals surface area contributed by atoms with E-state index in [9.17, 15) is 19.5 Å². The van der Waals surface area contributed by atoms with Crippen molar-refractivity contribution in [2.45, 2.75) is 88.5 Å². The second-order valence-electron chi connectivity index (χ2n) is 8.12. The van der Waals surface area contributed by atoms with Crippen LogP contribution in [0.5, 0.6) is 0 Å². The maximum Gasteiger partial charge on any atom is 0.322 e. The molecule has 0 fully saturated rings. The topological polar surface area (TPSA) is 150 Å². The van der Waals surface area contributed by atoms with Crippen LogP contribution < -0.4 is 11.1 Å². The number of carbonyl (C=O) groups is 3. The van der Waals surface area contributed by atoms with Crippen molar-refractivity contribution in [1.82, 2.24) is 5.32 Å². The molecule has 0 rings (SSSR count). The molecule has 3 unspecified atom stereocenters. The van der Waals surface area contributed by atoms with E-state index in [1.165, 1.54) is 50.3 Å². The predicted molar refractivity (Wildman–Crippen MR) is 138 cm³/mol. The summed E-state index contributed by atoms with van der Waals surface area (Å²) in [5, 5.41) is 29.8. The molecule has 9 heteroatoms. The molecule has 0 radical (unpaired) electrons. The fourth-order valence-corrected chi connectivity index (χ4v) is 4.17. The van der Waals surface area contributed by atoms with Crippen LogP contribution in [-0.4, -0.2) is 62.9 Å². The Bertz CT molecular complexity index is 666. The van der Waals surface area contributed by atoms with E-state index in [0.717, 1.165) is 6.42 Å². The van der Waals surface area contributed by atoms with E-state index in [4.69, 9.17) is 15.9 Å². The quantitative estimate of drug-likeness (QED) is 0.119. The monoisotopic (exact) mass is 498 g/mol. The molecule has 3 atom stereocenters. The van der Waals surface area contributed by atoms with Gasteiger partial charge in [0, 0.05) is 17.4 Å². The Morgan fingerprint density at radius 1 is 0.941 bits per heavy atom. The first kappa shape index (κ1) is 31.9. The molecule has 0 heterocycles. The molecule has 8 nitrogen and oxygen atoms in total. The van der Waals surface area contributed by atoms with Crippen LogP contribution >= 0.6 is 11.8 Å². The van der Waals surface area contributed by atoms with Gasteiger partial charge in [0.15, 0.2) is 0 Å². The molecular weight excluding hydrogens is 456 g/mol. The number of rotatable bonds is 21. The van der Waals surface area contributed by atoms with Gasteiger partial charge in [0.25, 0.3) is 0 Å². The van der Waals surface area contributed by atoms with Crippen LogP contribution in [0.15, 0.2) is 36.5 Å². The van der Waals surface area contributed by atoms with E-state index in [-0.39, 0.29) is 17.4 Å². The van der Waals surface area contributed by atoms with E-state index >= 15 is 0 Å². The molecule has 1 amide bonds. The SMILES string of the molecule is CCCCCCCC/C=C/C=C/C=C/C(SCC(N)C(=O)NCC(=O)O)C(O)CCCC(=O)O. The Balaban J connectivity index is 4.62. The number of nitrogens with one attached hydrogen (secondary N) is 1. The molecule has 0 aliphatic rings. The molecule has 0 aromatic rings. The molecule has 34 heavy (non-hydrogen) atoms. The normalized spacial score (nSPS) is 14.6. The highest BCUT2D eigenvalue weighted by atomic mass is 32.2. The van der Waals surface area contributed by atoms with Crippen LogP contribution in [0.25, 0.3) is 0 Å². The molecular formula is C25H42N2O6S. The minimum Gasteiger partial charge on any atom is -0.481 e. The summed E-state index contributed by atoms with van der Waals surface area (Å²) in [6.45, 7) is 1.71. The lowest BCUT2D eigenvalue weighted by atomic mass is 10.1. The molecule has 0 aromatic heterocycles. The van der Waals surface area contributed by atoms with E-state index in [2.05, 4.69) is 18.3 Å². The zero-order valence-corrected chi connectivity index (χ0v) is 21.0. The van der Waals surface area contributed by atoms with Crippen LogP contribution in [0.3, 0.4) is 0 Å². The van der Waals surface area contributed by atoms with Crippen molar-refractivity contribution >= 4 is 29.6 Å². The number of carboxylic acid groups (broad SMARTS) is 2. The Hall–Kier alpha value is -2.10. The van der Waals surface area contributed by atoms with Gasteiger partial charge in [-0.2, -0.15) is 0 Å². The number of hydrogen-bond donors (Lipinski definition) is 5. The molecule has 0 aliphatic carbocycles. The van der Waals surface area contributed by atoms with Crippen molar-refractivity contribution in [1.29, 1.82) is 0 Å². The summed E-state index contributed by atoms with van der Waals surface area (Å²) in [5.41, 5.74) is 5.83. The van der Waals surface area contributed by atoms with Gasteiger partial charge in [0.05, 0.1) is 12.1 Å². The number of unbranched alkanes of at least 4 members (excludes halogenated alkanes) is 6. The van der Waals surface area contributed by atoms with Crippen molar-refractivity contribution < 1.29 is 29.7 Å². The molecule has 194 valence electrons. The highest BCUT2D eigenvalue weighted by Gasteiger charge is 2.21. The Morgan fingerprint density at radius 2 is 1.62 bits per heavy atom. The third-order valence-electron chi connectivity index (χ3n) is 4.98. The van der Waals surface area contributed by atoms with Crippen LogP contribution in [0, 0.1) is 0 Å². The van der Waals surface area contributed by atoms with Crippen LogP contribution in [0.2, 0.25) is 0 Å². The highest BCUT2D eigenvalue weighted by molar-refractivity contribution is 8.00. The molecule has 0 bridgehead atoms. The fraction of sp³-hybridized carbons (Fsp3) is 0.640. The molecule has 0 spiro atoms. The summed E-state index contributed by atoms with van der Waals surface area (Å²) in [6, 6.07) is -0.924. The Kier molecular flexibility index (Phi) is 20.1. The van der Waals surface area contributed by atoms with Gasteiger partial charge in [0.2, 0.25) is 5.91 Å². The van der Waals surface area contributed by atoms with E-state index in [1.807, 2.05) is 24.3 Å². The zero-order chi connectivity index (χ0) is 25.6. The van der Waals surface area contributed by atoms with E-state index in [0.29, 0.717) is 12.8 Å². The molecule has 0 saturated heterocycles. The fourth-order valence-electron chi connectivity index (χ4n) is 3.03. The average molecular weight is 499 g/mol. The van der Waals surface area contributed by atoms with Crippen LogP contribution in [-0.2, 0) is 14.4 Å². The lowest BCUT2D eigenvalue weighted by Gasteiger charge is -2.21. The summed E-state index contributed by atoms with van der Waals surface area (Å²) in [4.78, 5) is 33.2. The lowest BCUT2D eigenvalue weighted by Crippen LogP contribution is -2.44. The van der Waals surface area contributed by atoms with Crippen molar-refractivity contribution in [3.8, 4) is 0 Å². The lowest BCUT2D eigenvalue weighted by molar-refractivity contribution is -0.138. The van der Waals surface area contributed by atoms with Crippen LogP contribution in [0.4, 0.5) is 0 Å². The van der Waals surface area contributed by atoms with Gasteiger partial charge in [-0.3, -0.25) is 14.4 Å². The number of aliphatic carboxylic acids is 2. The number of aliphatic hydroxyl groups is 1. The van der Waals surface area contributed by atoms with Gasteiger partial charge in [-0.05, 0) is 25.7 Å². The number of allylic oxidation sites excluding steroid dienone is 5. The smallest absolute Gasteiger partial charge is 0.322 e. The first-order valence-electron chi connectivity index (χ1n) is 12.0. The second-order valence-corrected chi connectivity index (χ2v) is 9.33. The van der Waals surface area contributed by atoms with Crippen molar-refractivity contribution in [3.05, 3.63) is 36.5 Å². The molecule has 0 saturated carbocycles. The number of nitrogens with two attached hydrogens (primary N) is 1. The van der Waals surface area contributed by atoms with Gasteiger partial charge >= 0.3 is 11.9 Å². The third-order valence-corrected chi connectivity index (χ3v) is 6.39. The molecule has 0 aliphatic heterocycles. The number of hydrogen-bond acceptors (Lipinski definition) is 6. The largest absolute Gasteiger partial charge is 0.481 e. The van der Waals surface area contributed by atoms with Gasteiger partial charge in [-0.25, -0.2) is 0 Å². The van der Waals surface area contributed by atoms with Crippen molar-refractivity contribution in [2.75, 3.05) is 12.3 Å². The minimum absolute atomic E-state index is 0.0292. The van der Waals surface area contributed by atoms with Crippen molar-refractivity contribution in [2.24, 2.45) is 5.73 Å². The highest BCUT2D eigenvalue weighted by Crippen LogP contribution is 2.21. The molecule has 0 aromatic carbocycles. The van der Waals surface area contributed by atoms with Gasteiger partial charge in [-0.1, -0.05) is 75.5 Å². The van der Waals surface area contributed by atoms with Crippen molar-refractivity contribution in [3.63, 3.8) is 0 Å². The second kappa shape index (κ2) is 21.4. The summed E-state index contributed by atoms with van der Waals surface area (Å²) in [5.74, 6) is -2.47. The summed E-state index contributed by atoms with van der Waals surface area (Å²) in [6.07, 6.45) is 20.0. The minimum atomic E-state index is -1.16. The number of carboxylic acids is 2. The summed E-state index contributed by atoms with van der Waals surface area (Å²) < 4.78 is 0. The predicted octanol–water partition coefficient (Wildman–Crippen LogP) is 3.65. The van der Waals surface area contributed by atoms with Gasteiger partial charge in [0.1, 0.15) is 6.54 Å². The third kappa shape index (κ3) is 19.4. The number of thioether (sulfide) groups is 1. The zero-order valence-electron chi connectivity index (χ0n) is 20.2. The first-order chi connectivity index (χ1) is 16.3. The summed E-state index contributed by atoms with van der Waals surface area (Å²) >= 11 is 1.27. The van der Waals surface area contributed by atoms with E-state index in [1.54, 1.807) is 6.08 Å². The van der Waals surface area contributed by atoms with E-state index < -0.39 is 36.5 Å². The number of carbonyl (C=O) groups excluding carboxylic acids is 1. The molecule has 6 N–H and O–H groups in total. The number of amides is 1. The standard InChI is InChI=1S/C25H42N2O6S/c1-2-3-4-5-6-7-8-9-10-11-12-13-16-22(21(28)15-14-17-23(29)30)34-19-20(26)25(33)27-18-24(31)32/h9-13,16,20-22,28H,2-8,14-15,17-19,26H2,1H3,(H,27,33)(H,29,30)(H,31,32)/b10-9+,12-11+,16-13+. The van der Waals surface area contributed by atoms with Gasteiger partial charge < -0.3 is 26.4 Å².